The van der Waals surface area contributed by atoms with Crippen LogP contribution in [0.15, 0.2) is 18.2 Å². The third-order valence-corrected chi connectivity index (χ3v) is 4.63. The molecule has 8 nitrogen and oxygen atoms in total. The van der Waals surface area contributed by atoms with Crippen LogP contribution < -0.4 is 15.4 Å². The Labute approximate surface area is 160 Å². The summed E-state index contributed by atoms with van der Waals surface area (Å²) in [6.07, 6.45) is 0.813. The Balaban J connectivity index is 1.49. The Bertz CT molecular complexity index is 824. The lowest BCUT2D eigenvalue weighted by Crippen LogP contribution is -2.36. The Morgan fingerprint density at radius 1 is 1.39 bits per heavy atom. The Morgan fingerprint density at radius 2 is 2.14 bits per heavy atom. The van der Waals surface area contributed by atoms with Gasteiger partial charge in [-0.1, -0.05) is 5.21 Å². The molecule has 1 aliphatic rings. The molecule has 0 radical (unpaired) electrons. The maximum Gasteiger partial charge on any atom is 0.273 e. The number of aliphatic hydroxyl groups is 1. The molecule has 2 heterocycles. The number of aromatic nitrogens is 3. The molecule has 0 bridgehead atoms. The number of nitrogens with zero attached hydrogens (tertiary/aromatic N) is 3. The van der Waals surface area contributed by atoms with Gasteiger partial charge < -0.3 is 20.5 Å². The second-order valence-corrected chi connectivity index (χ2v) is 6.70. The molecule has 1 saturated heterocycles. The van der Waals surface area contributed by atoms with Crippen molar-refractivity contribution < 1.29 is 23.4 Å². The molecule has 0 saturated carbocycles. The zero-order chi connectivity index (χ0) is 20.1. The fourth-order valence-electron chi connectivity index (χ4n) is 3.06. The number of hydrogen-bond acceptors (Lipinski definition) is 6. The van der Waals surface area contributed by atoms with Crippen molar-refractivity contribution in [3.05, 3.63) is 41.2 Å². The van der Waals surface area contributed by atoms with Gasteiger partial charge in [-0.2, -0.15) is 0 Å². The van der Waals surface area contributed by atoms with E-state index in [2.05, 4.69) is 20.9 Å². The highest BCUT2D eigenvalue weighted by Crippen LogP contribution is 2.20. The third-order valence-electron chi connectivity index (χ3n) is 4.63. The van der Waals surface area contributed by atoms with Gasteiger partial charge in [-0.15, -0.1) is 5.10 Å². The van der Waals surface area contributed by atoms with Crippen LogP contribution in [0.25, 0.3) is 0 Å². The van der Waals surface area contributed by atoms with E-state index >= 15 is 0 Å². The van der Waals surface area contributed by atoms with Gasteiger partial charge in [-0.3, -0.25) is 4.79 Å². The molecule has 1 amide bonds. The first-order chi connectivity index (χ1) is 13.5. The number of ether oxygens (including phenoxy) is 1. The highest BCUT2D eigenvalue weighted by atomic mass is 19.2. The van der Waals surface area contributed by atoms with Crippen LogP contribution in [0.3, 0.4) is 0 Å². The van der Waals surface area contributed by atoms with E-state index < -0.39 is 23.6 Å². The molecular formula is C18H23F2N5O3. The second kappa shape index (κ2) is 9.07. The predicted octanol–water partition coefficient (Wildman–Crippen LogP) is 0.959. The highest BCUT2D eigenvalue weighted by Gasteiger charge is 2.23. The van der Waals surface area contributed by atoms with E-state index in [0.717, 1.165) is 38.1 Å². The lowest BCUT2D eigenvalue weighted by molar-refractivity contribution is 0.0838. The van der Waals surface area contributed by atoms with Crippen molar-refractivity contribution in [3.63, 3.8) is 0 Å². The predicted molar refractivity (Wildman–Crippen MR) is 96.1 cm³/mol. The second-order valence-electron chi connectivity index (χ2n) is 6.70. The first-order valence-corrected chi connectivity index (χ1v) is 9.12. The zero-order valence-electron chi connectivity index (χ0n) is 15.5. The summed E-state index contributed by atoms with van der Waals surface area (Å²) in [7, 11) is 0. The number of nitrogens with one attached hydrogen (secondary N) is 2. The summed E-state index contributed by atoms with van der Waals surface area (Å²) in [6, 6.07) is 3.30. The van der Waals surface area contributed by atoms with Gasteiger partial charge in [0.1, 0.15) is 18.5 Å². The summed E-state index contributed by atoms with van der Waals surface area (Å²) < 4.78 is 33.0. The zero-order valence-corrected chi connectivity index (χ0v) is 15.5. The van der Waals surface area contributed by atoms with Gasteiger partial charge in [-0.05, 0) is 45.0 Å². The van der Waals surface area contributed by atoms with Gasteiger partial charge >= 0.3 is 0 Å². The van der Waals surface area contributed by atoms with Crippen molar-refractivity contribution in [1.29, 1.82) is 0 Å². The normalized spacial score (nSPS) is 16.0. The average Bonchev–Trinajstić information content (AvgIpc) is 3.09. The minimum absolute atomic E-state index is 0.0812. The maximum atomic E-state index is 13.1. The van der Waals surface area contributed by atoms with Crippen molar-refractivity contribution in [3.8, 4) is 5.75 Å². The Kier molecular flexibility index (Phi) is 6.53. The van der Waals surface area contributed by atoms with Gasteiger partial charge in [0.05, 0.1) is 11.7 Å². The summed E-state index contributed by atoms with van der Waals surface area (Å²) in [5.74, 6) is -2.37. The van der Waals surface area contributed by atoms with Crippen LogP contribution in [0.1, 0.15) is 35.1 Å². The number of rotatable bonds is 7. The number of benzene rings is 1. The smallest absolute Gasteiger partial charge is 0.273 e. The van der Waals surface area contributed by atoms with Crippen LogP contribution in [0.5, 0.6) is 5.75 Å². The summed E-state index contributed by atoms with van der Waals surface area (Å²) in [5, 5.41) is 23.9. The van der Waals surface area contributed by atoms with Crippen LogP contribution in [0.4, 0.5) is 8.78 Å². The number of halogens is 2. The first-order valence-electron chi connectivity index (χ1n) is 9.12. The standard InChI is InChI=1S/C18H23F2N5O3/c1-11-17(23-24-25(11)12-4-6-21-7-5-12)18(27)22-9-13(26)10-28-14-2-3-15(19)16(20)8-14/h2-3,8,12-13,21,26H,4-7,9-10H2,1H3,(H,22,27)/t13-/m0/s1. The molecule has 1 aliphatic heterocycles. The van der Waals surface area contributed by atoms with Crippen molar-refractivity contribution >= 4 is 5.91 Å². The number of aliphatic hydroxyl groups excluding tert-OH is 1. The molecule has 152 valence electrons. The van der Waals surface area contributed by atoms with E-state index in [1.165, 1.54) is 6.07 Å². The highest BCUT2D eigenvalue weighted by molar-refractivity contribution is 5.93. The molecule has 0 spiro atoms. The number of carbonyl (C=O) groups excluding carboxylic acids is 1. The van der Waals surface area contributed by atoms with Gasteiger partial charge in [0.2, 0.25) is 0 Å². The minimum atomic E-state index is -1.03. The molecular weight excluding hydrogens is 372 g/mol. The van der Waals surface area contributed by atoms with Gasteiger partial charge in [0.25, 0.3) is 5.91 Å². The van der Waals surface area contributed by atoms with Gasteiger partial charge in [0, 0.05) is 12.6 Å². The largest absolute Gasteiger partial charge is 0.491 e. The fourth-order valence-corrected chi connectivity index (χ4v) is 3.06. The van der Waals surface area contributed by atoms with Crippen molar-refractivity contribution in [2.75, 3.05) is 26.2 Å². The van der Waals surface area contributed by atoms with Crippen molar-refractivity contribution in [2.24, 2.45) is 0 Å². The summed E-state index contributed by atoms with van der Waals surface area (Å²) in [5.41, 5.74) is 0.893. The molecule has 1 aromatic heterocycles. The monoisotopic (exact) mass is 395 g/mol. The van der Waals surface area contributed by atoms with Crippen LogP contribution in [0, 0.1) is 18.6 Å². The number of amides is 1. The van der Waals surface area contributed by atoms with Crippen LogP contribution in [0.2, 0.25) is 0 Å². The lowest BCUT2D eigenvalue weighted by atomic mass is 10.1. The minimum Gasteiger partial charge on any atom is -0.491 e. The molecule has 0 aliphatic carbocycles. The molecule has 3 rings (SSSR count). The SMILES string of the molecule is Cc1c(C(=O)NC[C@H](O)COc2ccc(F)c(F)c2)nnn1C1CCNCC1. The number of piperidine rings is 1. The fraction of sp³-hybridized carbons (Fsp3) is 0.500. The Hall–Kier alpha value is -2.59. The molecule has 1 atom stereocenters. The average molecular weight is 395 g/mol. The van der Waals surface area contributed by atoms with Crippen LogP contribution >= 0.6 is 0 Å². The summed E-state index contributed by atoms with van der Waals surface area (Å²) >= 11 is 0. The lowest BCUT2D eigenvalue weighted by Gasteiger charge is -2.23. The summed E-state index contributed by atoms with van der Waals surface area (Å²) in [4.78, 5) is 12.3. The van der Waals surface area contributed by atoms with Crippen LogP contribution in [-0.2, 0) is 0 Å². The Morgan fingerprint density at radius 3 is 2.86 bits per heavy atom. The quantitative estimate of drug-likeness (QED) is 0.646. The third kappa shape index (κ3) is 4.82. The molecule has 1 fully saturated rings. The van der Waals surface area contributed by atoms with Gasteiger partial charge in [-0.25, -0.2) is 13.5 Å². The van der Waals surface area contributed by atoms with Crippen molar-refractivity contribution in [2.45, 2.75) is 31.9 Å². The van der Waals surface area contributed by atoms with E-state index in [9.17, 15) is 18.7 Å². The topological polar surface area (TPSA) is 101 Å². The molecule has 2 aromatic rings. The molecule has 0 unspecified atom stereocenters. The molecule has 1 aromatic carbocycles. The molecule has 10 heteroatoms. The van der Waals surface area contributed by atoms with E-state index in [4.69, 9.17) is 4.74 Å². The van der Waals surface area contributed by atoms with E-state index in [-0.39, 0.29) is 30.6 Å². The summed E-state index contributed by atoms with van der Waals surface area (Å²) in [6.45, 7) is 3.32. The van der Waals surface area contributed by atoms with Crippen LogP contribution in [-0.4, -0.2) is 58.4 Å². The van der Waals surface area contributed by atoms with E-state index in [1.807, 2.05) is 0 Å². The first kappa shape index (κ1) is 20.2. The van der Waals surface area contributed by atoms with Gasteiger partial charge in [0.15, 0.2) is 17.3 Å². The molecule has 3 N–H and O–H groups in total. The maximum absolute atomic E-state index is 13.1. The number of hydrogen-bond donors (Lipinski definition) is 3. The van der Waals surface area contributed by atoms with E-state index in [1.54, 1.807) is 11.6 Å². The molecule has 28 heavy (non-hydrogen) atoms. The number of carbonyl (C=O) groups is 1. The van der Waals surface area contributed by atoms with Crippen molar-refractivity contribution in [1.82, 2.24) is 25.6 Å². The van der Waals surface area contributed by atoms with E-state index in [0.29, 0.717) is 5.69 Å².